The first-order valence-corrected chi connectivity index (χ1v) is 8.08. The largest absolute Gasteiger partial charge is 0.287 e. The molecule has 3 rings (SSSR count). The molecule has 0 radical (unpaired) electrons. The number of nitrogens with one attached hydrogen (secondary N) is 2. The molecule has 1 aliphatic rings. The number of halogens is 1. The summed E-state index contributed by atoms with van der Waals surface area (Å²) < 4.78 is 0. The fraction of sp³-hybridized carbons (Fsp3) is 0.167. The second-order valence-corrected chi connectivity index (χ2v) is 6.20. The molecule has 0 saturated carbocycles. The molecule has 6 nitrogen and oxygen atoms in total. The van der Waals surface area contributed by atoms with Crippen molar-refractivity contribution in [3.8, 4) is 0 Å². The van der Waals surface area contributed by atoms with Gasteiger partial charge < -0.3 is 0 Å². The summed E-state index contributed by atoms with van der Waals surface area (Å²) in [5, 5.41) is 0.517. The minimum Gasteiger partial charge on any atom is -0.287 e. The van der Waals surface area contributed by atoms with Gasteiger partial charge in [0.25, 0.3) is 11.8 Å². The summed E-state index contributed by atoms with van der Waals surface area (Å²) in [6.45, 7) is 1.88. The standard InChI is InChI=1S/C18H16ClN3O3/c1-11-3-2-4-12(9-11)17(24)21-20-15-10-16(23)22(18(15)25)14-7-5-13(19)6-8-14/h2-9,15,20H,10H2,1H3,(H,21,24)/t15-/m0/s1. The maximum absolute atomic E-state index is 12.5. The number of nitrogens with zero attached hydrogens (tertiary/aromatic N) is 1. The molecule has 0 bridgehead atoms. The molecule has 2 aromatic rings. The Morgan fingerprint density at radius 3 is 2.56 bits per heavy atom. The van der Waals surface area contributed by atoms with E-state index in [-0.39, 0.29) is 18.2 Å². The molecule has 1 atom stereocenters. The number of anilines is 1. The third kappa shape index (κ3) is 3.70. The molecule has 1 saturated heterocycles. The van der Waals surface area contributed by atoms with Gasteiger partial charge in [-0.25, -0.2) is 10.3 Å². The van der Waals surface area contributed by atoms with Crippen molar-refractivity contribution in [3.63, 3.8) is 0 Å². The quantitative estimate of drug-likeness (QED) is 0.649. The van der Waals surface area contributed by atoms with Crippen LogP contribution in [0.4, 0.5) is 5.69 Å². The number of hydrogen-bond acceptors (Lipinski definition) is 4. The summed E-state index contributed by atoms with van der Waals surface area (Å²) in [5.74, 6) is -1.12. The number of hydrazine groups is 1. The van der Waals surface area contributed by atoms with Gasteiger partial charge in [-0.05, 0) is 43.3 Å². The number of carbonyl (C=O) groups is 3. The average molecular weight is 358 g/mol. The van der Waals surface area contributed by atoms with Gasteiger partial charge in [0.05, 0.1) is 12.1 Å². The average Bonchev–Trinajstić information content (AvgIpc) is 2.87. The zero-order valence-corrected chi connectivity index (χ0v) is 14.2. The van der Waals surface area contributed by atoms with E-state index in [4.69, 9.17) is 11.6 Å². The van der Waals surface area contributed by atoms with Crippen molar-refractivity contribution < 1.29 is 14.4 Å². The van der Waals surface area contributed by atoms with Crippen LogP contribution in [0.25, 0.3) is 0 Å². The van der Waals surface area contributed by atoms with Gasteiger partial charge in [-0.2, -0.15) is 0 Å². The van der Waals surface area contributed by atoms with E-state index in [1.165, 1.54) is 0 Å². The predicted octanol–water partition coefficient (Wildman–Crippen LogP) is 2.21. The first-order chi connectivity index (χ1) is 12.0. The van der Waals surface area contributed by atoms with Crippen molar-refractivity contribution in [1.29, 1.82) is 0 Å². The van der Waals surface area contributed by atoms with Gasteiger partial charge in [0.1, 0.15) is 6.04 Å². The normalized spacial score (nSPS) is 17.0. The molecule has 128 valence electrons. The van der Waals surface area contributed by atoms with Crippen molar-refractivity contribution in [2.24, 2.45) is 0 Å². The van der Waals surface area contributed by atoms with Crippen molar-refractivity contribution in [2.75, 3.05) is 4.90 Å². The molecule has 2 N–H and O–H groups in total. The zero-order valence-electron chi connectivity index (χ0n) is 13.5. The highest BCUT2D eigenvalue weighted by Crippen LogP contribution is 2.24. The van der Waals surface area contributed by atoms with Crippen molar-refractivity contribution in [1.82, 2.24) is 10.9 Å². The van der Waals surface area contributed by atoms with Crippen LogP contribution in [0.15, 0.2) is 48.5 Å². The van der Waals surface area contributed by atoms with Crippen LogP contribution < -0.4 is 15.8 Å². The molecule has 3 amide bonds. The van der Waals surface area contributed by atoms with E-state index in [2.05, 4.69) is 10.9 Å². The Morgan fingerprint density at radius 2 is 1.88 bits per heavy atom. The molecule has 25 heavy (non-hydrogen) atoms. The molecule has 1 heterocycles. The van der Waals surface area contributed by atoms with Crippen LogP contribution in [0.1, 0.15) is 22.3 Å². The Labute approximate surface area is 149 Å². The fourth-order valence-electron chi connectivity index (χ4n) is 2.62. The minimum atomic E-state index is -0.808. The molecular weight excluding hydrogens is 342 g/mol. The Hall–Kier alpha value is -2.70. The smallest absolute Gasteiger partial charge is 0.265 e. The van der Waals surface area contributed by atoms with Crippen LogP contribution in [-0.2, 0) is 9.59 Å². The number of benzene rings is 2. The highest BCUT2D eigenvalue weighted by molar-refractivity contribution is 6.30. The van der Waals surface area contributed by atoms with E-state index in [1.807, 2.05) is 13.0 Å². The van der Waals surface area contributed by atoms with Crippen LogP contribution in [-0.4, -0.2) is 23.8 Å². The van der Waals surface area contributed by atoms with Gasteiger partial charge in [0, 0.05) is 10.6 Å². The number of hydrogen-bond donors (Lipinski definition) is 2. The molecular formula is C18H16ClN3O3. The molecule has 2 aromatic carbocycles. The number of imide groups is 1. The van der Waals surface area contributed by atoms with Crippen LogP contribution >= 0.6 is 11.6 Å². The summed E-state index contributed by atoms with van der Waals surface area (Å²) in [7, 11) is 0. The summed E-state index contributed by atoms with van der Waals surface area (Å²) in [5.41, 5.74) is 7.02. The Balaban J connectivity index is 1.66. The number of aryl methyl sites for hydroxylation is 1. The lowest BCUT2D eigenvalue weighted by Gasteiger charge is -2.16. The van der Waals surface area contributed by atoms with Gasteiger partial charge >= 0.3 is 0 Å². The van der Waals surface area contributed by atoms with Crippen molar-refractivity contribution in [3.05, 3.63) is 64.7 Å². The molecule has 0 spiro atoms. The number of carbonyl (C=O) groups excluding carboxylic acids is 3. The Kier molecular flexibility index (Phi) is 4.83. The summed E-state index contributed by atoms with van der Waals surface area (Å²) in [6.07, 6.45) is -0.0322. The highest BCUT2D eigenvalue weighted by atomic mass is 35.5. The van der Waals surface area contributed by atoms with E-state index in [0.717, 1.165) is 10.5 Å². The maximum atomic E-state index is 12.5. The number of rotatable bonds is 4. The van der Waals surface area contributed by atoms with Crippen molar-refractivity contribution in [2.45, 2.75) is 19.4 Å². The van der Waals surface area contributed by atoms with E-state index in [9.17, 15) is 14.4 Å². The van der Waals surface area contributed by atoms with E-state index in [0.29, 0.717) is 16.3 Å². The second-order valence-electron chi connectivity index (χ2n) is 5.77. The lowest BCUT2D eigenvalue weighted by Crippen LogP contribution is -2.48. The fourth-order valence-corrected chi connectivity index (χ4v) is 2.74. The molecule has 1 fully saturated rings. The van der Waals surface area contributed by atoms with Gasteiger partial charge in [-0.15, -0.1) is 0 Å². The summed E-state index contributed by atoms with van der Waals surface area (Å²) in [4.78, 5) is 37.8. The predicted molar refractivity (Wildman–Crippen MR) is 94.1 cm³/mol. The lowest BCUT2D eigenvalue weighted by molar-refractivity contribution is -0.121. The molecule has 1 aliphatic heterocycles. The molecule has 0 unspecified atom stereocenters. The summed E-state index contributed by atoms with van der Waals surface area (Å²) in [6, 6.07) is 12.7. The minimum absolute atomic E-state index is 0.0322. The Bertz CT molecular complexity index is 836. The third-order valence-corrected chi connectivity index (χ3v) is 4.12. The summed E-state index contributed by atoms with van der Waals surface area (Å²) >= 11 is 5.83. The SMILES string of the molecule is Cc1cccc(C(=O)NN[C@H]2CC(=O)N(c3ccc(Cl)cc3)C2=O)c1. The molecule has 0 aromatic heterocycles. The van der Waals surface area contributed by atoms with Gasteiger partial charge in [-0.1, -0.05) is 29.3 Å². The maximum Gasteiger partial charge on any atom is 0.265 e. The van der Waals surface area contributed by atoms with E-state index >= 15 is 0 Å². The topological polar surface area (TPSA) is 78.5 Å². The van der Waals surface area contributed by atoms with Crippen molar-refractivity contribution >= 4 is 35.0 Å². The van der Waals surface area contributed by atoms with Crippen LogP contribution in [0.3, 0.4) is 0 Å². The second kappa shape index (κ2) is 7.04. The Morgan fingerprint density at radius 1 is 1.16 bits per heavy atom. The number of amides is 3. The van der Waals surface area contributed by atoms with Crippen LogP contribution in [0, 0.1) is 6.92 Å². The van der Waals surface area contributed by atoms with Gasteiger partial charge in [0.15, 0.2) is 0 Å². The zero-order chi connectivity index (χ0) is 18.0. The first kappa shape index (κ1) is 17.1. The van der Waals surface area contributed by atoms with Crippen LogP contribution in [0.2, 0.25) is 5.02 Å². The highest BCUT2D eigenvalue weighted by Gasteiger charge is 2.39. The van der Waals surface area contributed by atoms with Crippen LogP contribution in [0.5, 0.6) is 0 Å². The van der Waals surface area contributed by atoms with E-state index in [1.54, 1.807) is 42.5 Å². The third-order valence-electron chi connectivity index (χ3n) is 3.87. The lowest BCUT2D eigenvalue weighted by atomic mass is 10.1. The van der Waals surface area contributed by atoms with Gasteiger partial charge in [0.2, 0.25) is 5.91 Å². The first-order valence-electron chi connectivity index (χ1n) is 7.70. The molecule has 0 aliphatic carbocycles. The monoisotopic (exact) mass is 357 g/mol. The molecule has 7 heteroatoms. The van der Waals surface area contributed by atoms with E-state index < -0.39 is 11.9 Å². The van der Waals surface area contributed by atoms with Gasteiger partial charge in [-0.3, -0.25) is 19.8 Å².